The summed E-state index contributed by atoms with van der Waals surface area (Å²) < 4.78 is 0. The van der Waals surface area contributed by atoms with Gasteiger partial charge >= 0.3 is 0 Å². The molecular formula is C12H13N3O. The zero-order valence-electron chi connectivity index (χ0n) is 9.16. The van der Waals surface area contributed by atoms with Gasteiger partial charge in [-0.3, -0.25) is 9.78 Å². The molecule has 0 aromatic carbocycles. The zero-order chi connectivity index (χ0) is 11.1. The average Bonchev–Trinajstić information content (AvgIpc) is 3.13. The smallest absolute Gasteiger partial charge is 0.267 e. The minimum Gasteiger partial charge on any atom is -0.267 e. The van der Waals surface area contributed by atoms with Gasteiger partial charge in [0, 0.05) is 11.6 Å². The molecule has 0 unspecified atom stereocenters. The second-order valence-corrected chi connectivity index (χ2v) is 4.26. The summed E-state index contributed by atoms with van der Waals surface area (Å²) in [5.74, 6) is 0.605. The summed E-state index contributed by atoms with van der Waals surface area (Å²) in [5.41, 5.74) is 2.60. The molecule has 0 spiro atoms. The Morgan fingerprint density at radius 1 is 1.44 bits per heavy atom. The Balaban J connectivity index is 2.30. The van der Waals surface area contributed by atoms with E-state index < -0.39 is 0 Å². The van der Waals surface area contributed by atoms with E-state index in [1.54, 1.807) is 0 Å². The summed E-state index contributed by atoms with van der Waals surface area (Å²) >= 11 is 0. The summed E-state index contributed by atoms with van der Waals surface area (Å²) in [6.07, 6.45) is 3.22. The van der Waals surface area contributed by atoms with Gasteiger partial charge in [-0.15, -0.1) is 0 Å². The van der Waals surface area contributed by atoms with Crippen molar-refractivity contribution in [3.63, 3.8) is 0 Å². The molecule has 0 atom stereocenters. The molecule has 1 aliphatic carbocycles. The minimum atomic E-state index is -0.151. The fourth-order valence-corrected chi connectivity index (χ4v) is 1.96. The van der Waals surface area contributed by atoms with Gasteiger partial charge < -0.3 is 0 Å². The number of aryl methyl sites for hydroxylation is 1. The number of hydrogen-bond donors (Lipinski definition) is 1. The Labute approximate surface area is 92.7 Å². The quantitative estimate of drug-likeness (QED) is 0.830. The number of aromatic nitrogens is 3. The molecule has 0 saturated heterocycles. The molecule has 1 saturated carbocycles. The molecule has 2 aromatic rings. The lowest BCUT2D eigenvalue weighted by Gasteiger charge is -2.03. The summed E-state index contributed by atoms with van der Waals surface area (Å²) in [5, 5.41) is 7.21. The second kappa shape index (κ2) is 3.40. The molecule has 0 bridgehead atoms. The lowest BCUT2D eigenvalue weighted by Crippen LogP contribution is -2.12. The van der Waals surface area contributed by atoms with Crippen molar-refractivity contribution in [3.8, 4) is 0 Å². The molecule has 16 heavy (non-hydrogen) atoms. The van der Waals surface area contributed by atoms with Crippen molar-refractivity contribution in [3.05, 3.63) is 33.9 Å². The maximum absolute atomic E-state index is 11.6. The molecule has 4 heteroatoms. The van der Waals surface area contributed by atoms with Gasteiger partial charge in [0.05, 0.1) is 16.6 Å². The predicted octanol–water partition coefficient (Wildman–Crippen LogP) is 1.76. The number of pyridine rings is 1. The lowest BCUT2D eigenvalue weighted by atomic mass is 10.1. The first-order valence-corrected chi connectivity index (χ1v) is 5.68. The highest BCUT2D eigenvalue weighted by Gasteiger charge is 2.25. The van der Waals surface area contributed by atoms with Crippen LogP contribution in [0.15, 0.2) is 16.9 Å². The van der Waals surface area contributed by atoms with E-state index in [2.05, 4.69) is 15.2 Å². The number of rotatable bonds is 2. The Bertz CT molecular complexity index is 599. The van der Waals surface area contributed by atoms with Crippen molar-refractivity contribution in [2.75, 3.05) is 0 Å². The van der Waals surface area contributed by atoms with Gasteiger partial charge in [-0.2, -0.15) is 5.10 Å². The molecule has 2 aromatic heterocycles. The van der Waals surface area contributed by atoms with Gasteiger partial charge in [0.1, 0.15) is 0 Å². The molecule has 0 aliphatic heterocycles. The Morgan fingerprint density at radius 3 is 2.94 bits per heavy atom. The number of aromatic amines is 1. The normalized spacial score (nSPS) is 15.6. The Morgan fingerprint density at radius 2 is 2.25 bits per heavy atom. The van der Waals surface area contributed by atoms with Gasteiger partial charge in [-0.05, 0) is 31.4 Å². The van der Waals surface area contributed by atoms with Crippen molar-refractivity contribution < 1.29 is 0 Å². The highest BCUT2D eigenvalue weighted by molar-refractivity contribution is 5.79. The van der Waals surface area contributed by atoms with E-state index in [1.807, 2.05) is 19.1 Å². The van der Waals surface area contributed by atoms with Crippen LogP contribution in [0.4, 0.5) is 0 Å². The molecular weight excluding hydrogens is 202 g/mol. The van der Waals surface area contributed by atoms with Gasteiger partial charge in [-0.25, -0.2) is 5.10 Å². The first-order chi connectivity index (χ1) is 7.79. The first-order valence-electron chi connectivity index (χ1n) is 5.68. The maximum atomic E-state index is 11.6. The third kappa shape index (κ3) is 1.41. The Kier molecular flexibility index (Phi) is 2.02. The summed E-state index contributed by atoms with van der Waals surface area (Å²) in [6, 6.07) is 3.84. The van der Waals surface area contributed by atoms with Crippen molar-refractivity contribution in [2.45, 2.75) is 32.1 Å². The largest absolute Gasteiger partial charge is 0.273 e. The molecule has 3 rings (SSSR count). The maximum Gasteiger partial charge on any atom is 0.273 e. The van der Waals surface area contributed by atoms with E-state index in [9.17, 15) is 4.79 Å². The fraction of sp³-hybridized carbons (Fsp3) is 0.417. The van der Waals surface area contributed by atoms with Crippen LogP contribution in [-0.4, -0.2) is 15.2 Å². The van der Waals surface area contributed by atoms with Crippen LogP contribution >= 0.6 is 0 Å². The molecule has 1 fully saturated rings. The zero-order valence-corrected chi connectivity index (χ0v) is 9.16. The van der Waals surface area contributed by atoms with Gasteiger partial charge in [0.15, 0.2) is 0 Å². The van der Waals surface area contributed by atoms with Crippen molar-refractivity contribution in [1.82, 2.24) is 15.2 Å². The average molecular weight is 215 g/mol. The third-order valence-corrected chi connectivity index (χ3v) is 3.06. The third-order valence-electron chi connectivity index (χ3n) is 3.06. The highest BCUT2D eigenvalue weighted by atomic mass is 16.1. The van der Waals surface area contributed by atoms with E-state index in [0.717, 1.165) is 23.3 Å². The van der Waals surface area contributed by atoms with Crippen molar-refractivity contribution >= 4 is 10.9 Å². The van der Waals surface area contributed by atoms with Crippen LogP contribution in [0.1, 0.15) is 37.1 Å². The molecule has 1 aliphatic rings. The van der Waals surface area contributed by atoms with E-state index in [0.29, 0.717) is 11.3 Å². The SMILES string of the molecule is CCc1n[nH]c(=O)c2ccc(C3CC3)nc12. The van der Waals surface area contributed by atoms with E-state index in [4.69, 9.17) is 0 Å². The standard InChI is InChI=1S/C12H13N3O/c1-2-9-11-8(12(16)15-14-9)5-6-10(13-11)7-3-4-7/h5-7H,2-4H2,1H3,(H,15,16). The van der Waals surface area contributed by atoms with Crippen molar-refractivity contribution in [1.29, 1.82) is 0 Å². The predicted molar refractivity (Wildman–Crippen MR) is 61.5 cm³/mol. The second-order valence-electron chi connectivity index (χ2n) is 4.26. The van der Waals surface area contributed by atoms with Crippen LogP contribution in [0.5, 0.6) is 0 Å². The van der Waals surface area contributed by atoms with Crippen LogP contribution in [0.2, 0.25) is 0 Å². The number of hydrogen-bond acceptors (Lipinski definition) is 3. The van der Waals surface area contributed by atoms with E-state index >= 15 is 0 Å². The van der Waals surface area contributed by atoms with Crippen LogP contribution in [0.25, 0.3) is 10.9 Å². The fourth-order valence-electron chi connectivity index (χ4n) is 1.96. The van der Waals surface area contributed by atoms with E-state index in [1.165, 1.54) is 12.8 Å². The number of H-pyrrole nitrogens is 1. The summed E-state index contributed by atoms with van der Waals surface area (Å²) in [6.45, 7) is 2.02. The molecule has 2 heterocycles. The number of fused-ring (bicyclic) bond motifs is 1. The number of nitrogens with one attached hydrogen (secondary N) is 1. The first kappa shape index (κ1) is 9.51. The molecule has 4 nitrogen and oxygen atoms in total. The van der Waals surface area contributed by atoms with Crippen LogP contribution < -0.4 is 5.56 Å². The van der Waals surface area contributed by atoms with Gasteiger partial charge in [0.2, 0.25) is 0 Å². The Hall–Kier alpha value is -1.71. The monoisotopic (exact) mass is 215 g/mol. The van der Waals surface area contributed by atoms with Gasteiger partial charge in [-0.1, -0.05) is 6.92 Å². The molecule has 0 amide bonds. The van der Waals surface area contributed by atoms with Crippen molar-refractivity contribution in [2.24, 2.45) is 0 Å². The summed E-state index contributed by atoms with van der Waals surface area (Å²) in [7, 11) is 0. The molecule has 82 valence electrons. The molecule has 1 N–H and O–H groups in total. The summed E-state index contributed by atoms with van der Waals surface area (Å²) in [4.78, 5) is 16.2. The lowest BCUT2D eigenvalue weighted by molar-refractivity contribution is 0.906. The van der Waals surface area contributed by atoms with E-state index in [-0.39, 0.29) is 5.56 Å². The van der Waals surface area contributed by atoms with Gasteiger partial charge in [0.25, 0.3) is 5.56 Å². The van der Waals surface area contributed by atoms with Crippen LogP contribution in [0, 0.1) is 0 Å². The van der Waals surface area contributed by atoms with Crippen LogP contribution in [-0.2, 0) is 6.42 Å². The highest BCUT2D eigenvalue weighted by Crippen LogP contribution is 2.39. The molecule has 0 radical (unpaired) electrons. The minimum absolute atomic E-state index is 0.151. The number of nitrogens with zero attached hydrogens (tertiary/aromatic N) is 2. The van der Waals surface area contributed by atoms with Crippen LogP contribution in [0.3, 0.4) is 0 Å². The topological polar surface area (TPSA) is 58.6 Å².